The molecular formula is C16H24Cl2N2O2. The zero-order valence-corrected chi connectivity index (χ0v) is 14.4. The van der Waals surface area contributed by atoms with Crippen molar-refractivity contribution >= 4 is 29.9 Å². The Kier molecular flexibility index (Phi) is 8.61. The largest absolute Gasteiger partial charge is 0.479 e. The summed E-state index contributed by atoms with van der Waals surface area (Å²) in [5, 5.41) is 6.84. The van der Waals surface area contributed by atoms with Gasteiger partial charge in [0.25, 0.3) is 5.91 Å². The van der Waals surface area contributed by atoms with Crippen LogP contribution in [0.15, 0.2) is 24.3 Å². The highest BCUT2D eigenvalue weighted by Crippen LogP contribution is 2.24. The van der Waals surface area contributed by atoms with Crippen LogP contribution in [-0.2, 0) is 4.79 Å². The van der Waals surface area contributed by atoms with E-state index < -0.39 is 6.10 Å². The molecule has 1 aromatic carbocycles. The molecule has 2 unspecified atom stereocenters. The fourth-order valence-electron chi connectivity index (χ4n) is 2.50. The van der Waals surface area contributed by atoms with Crippen LogP contribution in [0.4, 0.5) is 0 Å². The van der Waals surface area contributed by atoms with E-state index in [-0.39, 0.29) is 18.3 Å². The first-order valence-corrected chi connectivity index (χ1v) is 7.94. The summed E-state index contributed by atoms with van der Waals surface area (Å²) in [6.07, 6.45) is 2.94. The number of ether oxygens (including phenoxy) is 1. The molecule has 22 heavy (non-hydrogen) atoms. The van der Waals surface area contributed by atoms with Crippen molar-refractivity contribution in [3.8, 4) is 5.75 Å². The fraction of sp³-hybridized carbons (Fsp3) is 0.562. The van der Waals surface area contributed by atoms with Crippen molar-refractivity contribution < 1.29 is 9.53 Å². The molecule has 2 N–H and O–H groups in total. The van der Waals surface area contributed by atoms with E-state index in [9.17, 15) is 4.79 Å². The van der Waals surface area contributed by atoms with E-state index >= 15 is 0 Å². The number of benzene rings is 1. The smallest absolute Gasteiger partial charge is 0.260 e. The molecule has 0 bridgehead atoms. The molecular weight excluding hydrogens is 323 g/mol. The molecule has 6 heteroatoms. The fourth-order valence-corrected chi connectivity index (χ4v) is 2.68. The Bertz CT molecular complexity index is 465. The molecule has 1 saturated heterocycles. The Labute approximate surface area is 143 Å². The van der Waals surface area contributed by atoms with Gasteiger partial charge in [0.15, 0.2) is 6.10 Å². The molecule has 1 amide bonds. The molecule has 2 rings (SSSR count). The molecule has 0 radical (unpaired) electrons. The number of piperidine rings is 1. The summed E-state index contributed by atoms with van der Waals surface area (Å²) in [5.74, 6) is 1.11. The highest BCUT2D eigenvalue weighted by Gasteiger charge is 2.17. The number of halogens is 2. The number of carbonyl (C=O) groups excluding carboxylic acids is 1. The standard InChI is InChI=1S/C16H23ClN2O2.ClH/c1-12(21-15-7-3-2-6-14(15)17)16(20)19-10-8-13-5-4-9-18-11-13;/h2-3,6-7,12-13,18H,4-5,8-11H2,1H3,(H,19,20);1H. The molecule has 0 aromatic heterocycles. The van der Waals surface area contributed by atoms with Gasteiger partial charge in [0, 0.05) is 6.54 Å². The highest BCUT2D eigenvalue weighted by atomic mass is 35.5. The van der Waals surface area contributed by atoms with Crippen LogP contribution < -0.4 is 15.4 Å². The second kappa shape index (κ2) is 9.93. The van der Waals surface area contributed by atoms with Crippen LogP contribution in [0.3, 0.4) is 0 Å². The maximum atomic E-state index is 12.0. The van der Waals surface area contributed by atoms with Gasteiger partial charge in [-0.1, -0.05) is 23.7 Å². The summed E-state index contributed by atoms with van der Waals surface area (Å²) in [5.41, 5.74) is 0. The van der Waals surface area contributed by atoms with Crippen LogP contribution in [0.1, 0.15) is 26.2 Å². The molecule has 1 aliphatic heterocycles. The Balaban J connectivity index is 0.00000242. The summed E-state index contributed by atoms with van der Waals surface area (Å²) >= 11 is 6.02. The van der Waals surface area contributed by atoms with Crippen LogP contribution in [0.5, 0.6) is 5.75 Å². The molecule has 0 aliphatic carbocycles. The van der Waals surface area contributed by atoms with Crippen LogP contribution in [0, 0.1) is 5.92 Å². The third-order valence-corrected chi connectivity index (χ3v) is 4.07. The van der Waals surface area contributed by atoms with Crippen molar-refractivity contribution in [2.75, 3.05) is 19.6 Å². The minimum Gasteiger partial charge on any atom is -0.479 e. The molecule has 1 heterocycles. The average Bonchev–Trinajstić information content (AvgIpc) is 2.50. The predicted octanol–water partition coefficient (Wildman–Crippen LogP) is 3.04. The number of hydrogen-bond donors (Lipinski definition) is 2. The number of nitrogens with one attached hydrogen (secondary N) is 2. The summed E-state index contributed by atoms with van der Waals surface area (Å²) < 4.78 is 5.59. The van der Waals surface area contributed by atoms with E-state index in [1.54, 1.807) is 19.1 Å². The van der Waals surface area contributed by atoms with Gasteiger partial charge in [-0.2, -0.15) is 0 Å². The highest BCUT2D eigenvalue weighted by molar-refractivity contribution is 6.32. The Hall–Kier alpha value is -0.970. The number of carbonyl (C=O) groups is 1. The first-order valence-electron chi connectivity index (χ1n) is 7.56. The quantitative estimate of drug-likeness (QED) is 0.832. The van der Waals surface area contributed by atoms with Gasteiger partial charge in [0.05, 0.1) is 5.02 Å². The minimum absolute atomic E-state index is 0. The second-order valence-corrected chi connectivity index (χ2v) is 5.89. The normalized spacial score (nSPS) is 18.9. The molecule has 4 nitrogen and oxygen atoms in total. The topological polar surface area (TPSA) is 50.4 Å². The van der Waals surface area contributed by atoms with Crippen molar-refractivity contribution in [1.82, 2.24) is 10.6 Å². The molecule has 1 aliphatic rings. The Morgan fingerprint density at radius 2 is 2.27 bits per heavy atom. The van der Waals surface area contributed by atoms with E-state index in [1.807, 2.05) is 12.1 Å². The summed E-state index contributed by atoms with van der Waals surface area (Å²) in [4.78, 5) is 12.0. The lowest BCUT2D eigenvalue weighted by atomic mass is 9.96. The van der Waals surface area contributed by atoms with Crippen molar-refractivity contribution in [3.05, 3.63) is 29.3 Å². The summed E-state index contributed by atoms with van der Waals surface area (Å²) in [7, 11) is 0. The van der Waals surface area contributed by atoms with Gasteiger partial charge in [-0.3, -0.25) is 4.79 Å². The lowest BCUT2D eigenvalue weighted by Crippen LogP contribution is -2.38. The lowest BCUT2D eigenvalue weighted by Gasteiger charge is -2.23. The van der Waals surface area contributed by atoms with E-state index in [0.29, 0.717) is 23.2 Å². The Morgan fingerprint density at radius 1 is 1.50 bits per heavy atom. The summed E-state index contributed by atoms with van der Waals surface area (Å²) in [6.45, 7) is 4.61. The summed E-state index contributed by atoms with van der Waals surface area (Å²) in [6, 6.07) is 7.18. The number of hydrogen-bond acceptors (Lipinski definition) is 3. The van der Waals surface area contributed by atoms with Gasteiger partial charge in [-0.25, -0.2) is 0 Å². The first-order chi connectivity index (χ1) is 10.2. The van der Waals surface area contributed by atoms with E-state index in [0.717, 1.165) is 19.5 Å². The van der Waals surface area contributed by atoms with Gasteiger partial charge < -0.3 is 15.4 Å². The number of para-hydroxylation sites is 1. The molecule has 0 spiro atoms. The molecule has 124 valence electrons. The number of amides is 1. The van der Waals surface area contributed by atoms with Gasteiger partial charge in [-0.15, -0.1) is 12.4 Å². The van der Waals surface area contributed by atoms with Crippen molar-refractivity contribution in [2.24, 2.45) is 5.92 Å². The van der Waals surface area contributed by atoms with E-state index in [2.05, 4.69) is 10.6 Å². The molecule has 0 saturated carbocycles. The van der Waals surface area contributed by atoms with Crippen molar-refractivity contribution in [3.63, 3.8) is 0 Å². The van der Waals surface area contributed by atoms with Crippen LogP contribution in [0.25, 0.3) is 0 Å². The minimum atomic E-state index is -0.547. The van der Waals surface area contributed by atoms with E-state index in [1.165, 1.54) is 12.8 Å². The maximum absolute atomic E-state index is 12.0. The van der Waals surface area contributed by atoms with E-state index in [4.69, 9.17) is 16.3 Å². The van der Waals surface area contributed by atoms with Gasteiger partial charge in [0.1, 0.15) is 5.75 Å². The van der Waals surface area contributed by atoms with Gasteiger partial charge in [-0.05, 0) is 57.3 Å². The monoisotopic (exact) mass is 346 g/mol. The van der Waals surface area contributed by atoms with Gasteiger partial charge >= 0.3 is 0 Å². The third-order valence-electron chi connectivity index (χ3n) is 3.76. The second-order valence-electron chi connectivity index (χ2n) is 5.48. The molecule has 1 aromatic rings. The predicted molar refractivity (Wildman–Crippen MR) is 92.0 cm³/mol. The van der Waals surface area contributed by atoms with Crippen molar-refractivity contribution in [1.29, 1.82) is 0 Å². The van der Waals surface area contributed by atoms with Crippen LogP contribution in [-0.4, -0.2) is 31.6 Å². The molecule has 1 fully saturated rings. The zero-order valence-electron chi connectivity index (χ0n) is 12.8. The Morgan fingerprint density at radius 3 is 2.95 bits per heavy atom. The van der Waals surface area contributed by atoms with Crippen LogP contribution >= 0.6 is 24.0 Å². The zero-order chi connectivity index (χ0) is 15.1. The first kappa shape index (κ1) is 19.1. The molecule has 2 atom stereocenters. The van der Waals surface area contributed by atoms with Crippen LogP contribution in [0.2, 0.25) is 5.02 Å². The lowest BCUT2D eigenvalue weighted by molar-refractivity contribution is -0.127. The SMILES string of the molecule is CC(Oc1ccccc1Cl)C(=O)NCCC1CCCNC1.Cl. The van der Waals surface area contributed by atoms with Gasteiger partial charge in [0.2, 0.25) is 0 Å². The van der Waals surface area contributed by atoms with Crippen molar-refractivity contribution in [2.45, 2.75) is 32.3 Å². The number of rotatable bonds is 6. The average molecular weight is 347 g/mol. The third kappa shape index (κ3) is 6.03. The maximum Gasteiger partial charge on any atom is 0.260 e.